The van der Waals surface area contributed by atoms with E-state index in [-0.39, 0.29) is 28.1 Å². The lowest BCUT2D eigenvalue weighted by Crippen LogP contribution is -2.26. The van der Waals surface area contributed by atoms with Gasteiger partial charge in [-0.25, -0.2) is 9.18 Å². The van der Waals surface area contributed by atoms with Gasteiger partial charge in [-0.05, 0) is 60.6 Å². The van der Waals surface area contributed by atoms with Crippen molar-refractivity contribution in [3.63, 3.8) is 0 Å². The molecule has 0 aliphatic carbocycles. The largest absolute Gasteiger partial charge is 0.478 e. The number of aromatic carboxylic acids is 1. The van der Waals surface area contributed by atoms with Gasteiger partial charge in [0.1, 0.15) is 11.4 Å². The summed E-state index contributed by atoms with van der Waals surface area (Å²) in [4.78, 5) is 24.1. The molecule has 23 heavy (non-hydrogen) atoms. The number of rotatable bonds is 3. The first-order valence-electron chi connectivity index (χ1n) is 7.11. The van der Waals surface area contributed by atoms with E-state index in [0.717, 1.165) is 9.99 Å². The van der Waals surface area contributed by atoms with E-state index in [1.807, 2.05) is 22.6 Å². The minimum absolute atomic E-state index is 0.0533. The Labute approximate surface area is 145 Å². The van der Waals surface area contributed by atoms with Crippen molar-refractivity contribution in [2.45, 2.75) is 26.3 Å². The predicted octanol–water partition coefficient (Wildman–Crippen LogP) is 3.29. The van der Waals surface area contributed by atoms with Gasteiger partial charge in [0.15, 0.2) is 0 Å². The van der Waals surface area contributed by atoms with Crippen LogP contribution in [-0.2, 0) is 13.0 Å². The van der Waals surface area contributed by atoms with Gasteiger partial charge in [-0.15, -0.1) is 0 Å². The topological polar surface area (TPSA) is 71.3 Å². The smallest absolute Gasteiger partial charge is 0.339 e. The van der Waals surface area contributed by atoms with E-state index in [1.54, 1.807) is 13.0 Å². The summed E-state index contributed by atoms with van der Waals surface area (Å²) >= 11 is 1.99. The molecule has 3 rings (SSSR count). The third-order valence-electron chi connectivity index (χ3n) is 4.01. The zero-order valence-corrected chi connectivity index (χ0v) is 14.5. The molecule has 0 saturated carbocycles. The molecule has 0 unspecified atom stereocenters. The highest BCUT2D eigenvalue weighted by molar-refractivity contribution is 14.1. The summed E-state index contributed by atoms with van der Waals surface area (Å²) < 4.78 is 16.3. The third kappa shape index (κ3) is 2.73. The van der Waals surface area contributed by atoms with Gasteiger partial charge in [-0.1, -0.05) is 0 Å². The second kappa shape index (κ2) is 5.95. The number of pyridine rings is 1. The average Bonchev–Trinajstić information content (AvgIpc) is 2.96. The van der Waals surface area contributed by atoms with Crippen LogP contribution in [0, 0.1) is 16.3 Å². The molecule has 1 aromatic heterocycles. The van der Waals surface area contributed by atoms with Crippen LogP contribution in [0.25, 0.3) is 0 Å². The summed E-state index contributed by atoms with van der Waals surface area (Å²) in [6, 6.07) is 4.59. The Morgan fingerprint density at radius 2 is 2.17 bits per heavy atom. The normalized spacial score (nSPS) is 13.0. The van der Waals surface area contributed by atoms with Crippen LogP contribution in [0.3, 0.4) is 0 Å². The minimum atomic E-state index is -1.12. The van der Waals surface area contributed by atoms with E-state index in [4.69, 9.17) is 0 Å². The number of anilines is 2. The number of carboxylic acid groups (broad SMARTS) is 1. The summed E-state index contributed by atoms with van der Waals surface area (Å²) in [6.45, 7) is 2.08. The molecule has 0 atom stereocenters. The van der Waals surface area contributed by atoms with Gasteiger partial charge in [-0.3, -0.25) is 4.79 Å². The first-order valence-corrected chi connectivity index (χ1v) is 8.19. The Morgan fingerprint density at radius 1 is 1.43 bits per heavy atom. The van der Waals surface area contributed by atoms with Gasteiger partial charge in [0.25, 0.3) is 5.56 Å². The molecule has 0 fully saturated rings. The zero-order chi connectivity index (χ0) is 16.7. The van der Waals surface area contributed by atoms with E-state index in [1.165, 1.54) is 16.7 Å². The number of carboxylic acids is 1. The maximum absolute atomic E-state index is 14.1. The molecule has 1 aliphatic rings. The third-order valence-corrected chi connectivity index (χ3v) is 4.68. The summed E-state index contributed by atoms with van der Waals surface area (Å²) in [5.41, 5.74) is 0.940. The van der Waals surface area contributed by atoms with Crippen LogP contribution in [0.1, 0.15) is 28.0 Å². The molecular weight excluding hydrogens is 414 g/mol. The van der Waals surface area contributed by atoms with Crippen molar-refractivity contribution in [3.8, 4) is 0 Å². The van der Waals surface area contributed by atoms with Crippen LogP contribution in [-0.4, -0.2) is 15.6 Å². The molecule has 0 bridgehead atoms. The number of halogens is 2. The Kier molecular flexibility index (Phi) is 4.13. The molecule has 2 aromatic rings. The fourth-order valence-corrected chi connectivity index (χ4v) is 3.37. The quantitative estimate of drug-likeness (QED) is 0.737. The number of nitrogens with zero attached hydrogens (tertiary/aromatic N) is 1. The van der Waals surface area contributed by atoms with Crippen molar-refractivity contribution in [2.75, 3.05) is 5.32 Å². The lowest BCUT2D eigenvalue weighted by atomic mass is 10.1. The van der Waals surface area contributed by atoms with E-state index < -0.39 is 11.8 Å². The van der Waals surface area contributed by atoms with E-state index >= 15 is 0 Å². The van der Waals surface area contributed by atoms with Gasteiger partial charge >= 0.3 is 5.97 Å². The highest BCUT2D eigenvalue weighted by Gasteiger charge is 2.27. The van der Waals surface area contributed by atoms with Crippen molar-refractivity contribution in [1.82, 2.24) is 4.57 Å². The molecule has 0 amide bonds. The Balaban J connectivity index is 2.21. The molecule has 0 saturated heterocycles. The number of nitrogens with one attached hydrogen (secondary N) is 1. The number of benzene rings is 1. The van der Waals surface area contributed by atoms with Crippen molar-refractivity contribution in [3.05, 3.63) is 54.8 Å². The monoisotopic (exact) mass is 428 g/mol. The second-order valence-corrected chi connectivity index (χ2v) is 6.68. The summed E-state index contributed by atoms with van der Waals surface area (Å²) in [5.74, 6) is -1.61. The van der Waals surface area contributed by atoms with E-state index in [0.29, 0.717) is 18.7 Å². The molecule has 1 aliphatic heterocycles. The molecule has 0 spiro atoms. The molecular formula is C16H14FIN2O3. The van der Waals surface area contributed by atoms with Crippen LogP contribution in [0.15, 0.2) is 23.0 Å². The van der Waals surface area contributed by atoms with Gasteiger partial charge < -0.3 is 15.0 Å². The maximum atomic E-state index is 14.1. The summed E-state index contributed by atoms with van der Waals surface area (Å²) in [7, 11) is 0. The van der Waals surface area contributed by atoms with Crippen LogP contribution in [0.2, 0.25) is 0 Å². The highest BCUT2D eigenvalue weighted by atomic mass is 127. The Bertz CT molecular complexity index is 877. The number of fused-ring (bicyclic) bond motifs is 1. The lowest BCUT2D eigenvalue weighted by molar-refractivity contribution is 0.0696. The predicted molar refractivity (Wildman–Crippen MR) is 93.1 cm³/mol. The van der Waals surface area contributed by atoms with Crippen LogP contribution in [0.5, 0.6) is 0 Å². The van der Waals surface area contributed by atoms with Crippen molar-refractivity contribution in [2.24, 2.45) is 0 Å². The first kappa shape index (κ1) is 16.0. The van der Waals surface area contributed by atoms with Gasteiger partial charge in [0.05, 0.1) is 11.4 Å². The molecule has 120 valence electrons. The lowest BCUT2D eigenvalue weighted by Gasteiger charge is -2.17. The number of carbonyl (C=O) groups is 1. The van der Waals surface area contributed by atoms with Crippen LogP contribution < -0.4 is 10.9 Å². The van der Waals surface area contributed by atoms with Crippen molar-refractivity contribution in [1.29, 1.82) is 0 Å². The SMILES string of the molecule is Cc1c(Nc2ccc(I)cc2F)c(C(=O)O)c2n(c1=O)CCC2. The fourth-order valence-electron chi connectivity index (χ4n) is 2.91. The number of hydrogen-bond acceptors (Lipinski definition) is 3. The average molecular weight is 428 g/mol. The summed E-state index contributed by atoms with van der Waals surface area (Å²) in [6.07, 6.45) is 1.26. The molecule has 7 heteroatoms. The minimum Gasteiger partial charge on any atom is -0.478 e. The molecule has 2 heterocycles. The summed E-state index contributed by atoms with van der Waals surface area (Å²) in [5, 5.41) is 12.4. The van der Waals surface area contributed by atoms with Gasteiger partial charge in [-0.2, -0.15) is 0 Å². The molecule has 0 radical (unpaired) electrons. The van der Waals surface area contributed by atoms with Crippen molar-refractivity contribution >= 4 is 39.9 Å². The number of hydrogen-bond donors (Lipinski definition) is 2. The van der Waals surface area contributed by atoms with E-state index in [9.17, 15) is 19.1 Å². The second-order valence-electron chi connectivity index (χ2n) is 5.44. The van der Waals surface area contributed by atoms with Crippen LogP contribution >= 0.6 is 22.6 Å². The Morgan fingerprint density at radius 3 is 2.83 bits per heavy atom. The Hall–Kier alpha value is -1.90. The molecule has 2 N–H and O–H groups in total. The number of aromatic nitrogens is 1. The molecule has 5 nitrogen and oxygen atoms in total. The fraction of sp³-hybridized carbons (Fsp3) is 0.250. The van der Waals surface area contributed by atoms with Crippen molar-refractivity contribution < 1.29 is 14.3 Å². The zero-order valence-electron chi connectivity index (χ0n) is 12.3. The van der Waals surface area contributed by atoms with Gasteiger partial charge in [0.2, 0.25) is 0 Å². The van der Waals surface area contributed by atoms with Gasteiger partial charge in [0, 0.05) is 21.4 Å². The maximum Gasteiger partial charge on any atom is 0.339 e. The molecule has 1 aromatic carbocycles. The first-order chi connectivity index (χ1) is 10.9. The van der Waals surface area contributed by atoms with E-state index in [2.05, 4.69) is 5.32 Å². The highest BCUT2D eigenvalue weighted by Crippen LogP contribution is 2.30. The van der Waals surface area contributed by atoms with Crippen LogP contribution in [0.4, 0.5) is 15.8 Å². The standard InChI is InChI=1S/C16H14FIN2O3/c1-8-14(19-11-5-4-9(18)7-10(11)17)13(16(22)23)12-3-2-6-20(12)15(8)21/h4-5,7,19H,2-3,6H2,1H3,(H,22,23).